The highest BCUT2D eigenvalue weighted by Gasteiger charge is 2.35. The van der Waals surface area contributed by atoms with Gasteiger partial charge in [0, 0.05) is 25.6 Å². The van der Waals surface area contributed by atoms with Gasteiger partial charge in [-0.2, -0.15) is 0 Å². The molecule has 1 atom stereocenters. The lowest BCUT2D eigenvalue weighted by molar-refractivity contribution is 0.0722. The summed E-state index contributed by atoms with van der Waals surface area (Å²) < 4.78 is 5.31. The molecule has 120 valence electrons. The molecule has 2 aliphatic rings. The molecule has 0 radical (unpaired) electrons. The molecule has 3 heterocycles. The van der Waals surface area contributed by atoms with E-state index in [1.165, 1.54) is 0 Å². The first-order valence-corrected chi connectivity index (χ1v) is 8.03. The Labute approximate surface area is 134 Å². The van der Waals surface area contributed by atoms with E-state index in [1.54, 1.807) is 25.5 Å². The third-order valence-electron chi connectivity index (χ3n) is 4.49. The molecule has 7 heteroatoms. The van der Waals surface area contributed by atoms with E-state index in [0.29, 0.717) is 24.0 Å². The lowest BCUT2D eigenvalue weighted by atomic mass is 10.1. The largest absolute Gasteiger partial charge is 0.372 e. The summed E-state index contributed by atoms with van der Waals surface area (Å²) in [4.78, 5) is 23.3. The van der Waals surface area contributed by atoms with Crippen molar-refractivity contribution < 1.29 is 9.32 Å². The molecule has 0 bridgehead atoms. The first-order chi connectivity index (χ1) is 11.3. The Morgan fingerprint density at radius 1 is 1.35 bits per heavy atom. The van der Waals surface area contributed by atoms with Gasteiger partial charge in [-0.1, -0.05) is 5.16 Å². The van der Waals surface area contributed by atoms with E-state index in [0.717, 1.165) is 37.1 Å². The number of hydrogen-bond acceptors (Lipinski definition) is 6. The van der Waals surface area contributed by atoms with E-state index in [2.05, 4.69) is 20.4 Å². The van der Waals surface area contributed by atoms with Gasteiger partial charge in [0.15, 0.2) is 5.69 Å². The van der Waals surface area contributed by atoms with Gasteiger partial charge >= 0.3 is 0 Å². The van der Waals surface area contributed by atoms with Crippen molar-refractivity contribution in [1.82, 2.24) is 20.0 Å². The number of aromatic nitrogens is 3. The van der Waals surface area contributed by atoms with E-state index < -0.39 is 0 Å². The number of nitrogens with zero attached hydrogens (tertiary/aromatic N) is 4. The van der Waals surface area contributed by atoms with Crippen LogP contribution in [0.3, 0.4) is 0 Å². The van der Waals surface area contributed by atoms with Crippen LogP contribution in [0.15, 0.2) is 23.0 Å². The highest BCUT2D eigenvalue weighted by atomic mass is 16.5. The summed E-state index contributed by atoms with van der Waals surface area (Å²) in [5.41, 5.74) is 1.21. The molecule has 1 saturated carbocycles. The molecule has 1 aliphatic carbocycles. The van der Waals surface area contributed by atoms with Gasteiger partial charge in [0.05, 0.1) is 24.1 Å². The molecule has 1 saturated heterocycles. The first kappa shape index (κ1) is 14.2. The fourth-order valence-corrected chi connectivity index (χ4v) is 3.08. The van der Waals surface area contributed by atoms with Crippen molar-refractivity contribution in [2.45, 2.75) is 37.6 Å². The normalized spacial score (nSPS) is 20.7. The van der Waals surface area contributed by atoms with Gasteiger partial charge in [0.25, 0.3) is 5.91 Å². The van der Waals surface area contributed by atoms with Gasteiger partial charge < -0.3 is 14.7 Å². The predicted octanol–water partition coefficient (Wildman–Crippen LogP) is 2.36. The van der Waals surface area contributed by atoms with Gasteiger partial charge in [0.2, 0.25) is 0 Å². The Morgan fingerprint density at radius 3 is 3.00 bits per heavy atom. The van der Waals surface area contributed by atoms with Crippen molar-refractivity contribution in [1.29, 1.82) is 0 Å². The SMILES string of the molecule is CNc1cncc([C@H]2CCCN2C(=O)c2cc(C3CC3)on2)n1. The van der Waals surface area contributed by atoms with Gasteiger partial charge in [-0.3, -0.25) is 9.78 Å². The van der Waals surface area contributed by atoms with Crippen LogP contribution >= 0.6 is 0 Å². The number of amides is 1. The van der Waals surface area contributed by atoms with Crippen LogP contribution in [-0.2, 0) is 0 Å². The van der Waals surface area contributed by atoms with Crippen molar-refractivity contribution in [3.63, 3.8) is 0 Å². The van der Waals surface area contributed by atoms with Crippen molar-refractivity contribution >= 4 is 11.7 Å². The Hall–Kier alpha value is -2.44. The Bertz CT molecular complexity index is 725. The number of anilines is 1. The Morgan fingerprint density at radius 2 is 2.22 bits per heavy atom. The summed E-state index contributed by atoms with van der Waals surface area (Å²) in [6.07, 6.45) is 7.50. The summed E-state index contributed by atoms with van der Waals surface area (Å²) >= 11 is 0. The minimum atomic E-state index is -0.0835. The van der Waals surface area contributed by atoms with Crippen LogP contribution in [0, 0.1) is 0 Å². The predicted molar refractivity (Wildman–Crippen MR) is 83.1 cm³/mol. The van der Waals surface area contributed by atoms with Crippen molar-refractivity contribution in [2.24, 2.45) is 0 Å². The highest BCUT2D eigenvalue weighted by molar-refractivity contribution is 5.92. The summed E-state index contributed by atoms with van der Waals surface area (Å²) in [5.74, 6) is 1.91. The number of likely N-dealkylation sites (tertiary alicyclic amines) is 1. The van der Waals surface area contributed by atoms with Gasteiger partial charge in [-0.15, -0.1) is 0 Å². The quantitative estimate of drug-likeness (QED) is 0.933. The van der Waals surface area contributed by atoms with Crippen LogP contribution in [-0.4, -0.2) is 39.5 Å². The molecule has 1 N–H and O–H groups in total. The number of carbonyl (C=O) groups is 1. The molecule has 23 heavy (non-hydrogen) atoms. The average molecular weight is 313 g/mol. The maximum Gasteiger partial charge on any atom is 0.276 e. The summed E-state index contributed by atoms with van der Waals surface area (Å²) in [5, 5.41) is 6.95. The minimum Gasteiger partial charge on any atom is -0.372 e. The molecule has 7 nitrogen and oxygen atoms in total. The highest BCUT2D eigenvalue weighted by Crippen LogP contribution is 2.40. The number of nitrogens with one attached hydrogen (secondary N) is 1. The molecular formula is C16H19N5O2. The molecule has 2 aromatic rings. The molecule has 0 spiro atoms. The smallest absolute Gasteiger partial charge is 0.276 e. The summed E-state index contributed by atoms with van der Waals surface area (Å²) in [6, 6.07) is 1.75. The maximum atomic E-state index is 12.8. The Balaban J connectivity index is 1.57. The molecule has 1 aliphatic heterocycles. The zero-order chi connectivity index (χ0) is 15.8. The molecular weight excluding hydrogens is 294 g/mol. The van der Waals surface area contributed by atoms with E-state index in [4.69, 9.17) is 4.52 Å². The molecule has 0 aromatic carbocycles. The van der Waals surface area contributed by atoms with Crippen LogP contribution < -0.4 is 5.32 Å². The fourth-order valence-electron chi connectivity index (χ4n) is 3.08. The Kier molecular flexibility index (Phi) is 3.48. The van der Waals surface area contributed by atoms with Crippen LogP contribution in [0.4, 0.5) is 5.82 Å². The van der Waals surface area contributed by atoms with Gasteiger partial charge in [0.1, 0.15) is 11.6 Å². The second kappa shape index (κ2) is 5.64. The van der Waals surface area contributed by atoms with Crippen LogP contribution in [0.1, 0.15) is 59.6 Å². The van der Waals surface area contributed by atoms with Gasteiger partial charge in [-0.25, -0.2) is 4.98 Å². The standard InChI is InChI=1S/C16H19N5O2/c1-17-15-9-18-8-12(19-15)13-3-2-6-21(13)16(22)11-7-14(23-20-11)10-4-5-10/h7-10,13H,2-6H2,1H3,(H,17,19)/t13-/m1/s1. The second-order valence-corrected chi connectivity index (χ2v) is 6.12. The van der Waals surface area contributed by atoms with Crippen LogP contribution in [0.2, 0.25) is 0 Å². The first-order valence-electron chi connectivity index (χ1n) is 8.03. The second-order valence-electron chi connectivity index (χ2n) is 6.12. The van der Waals surface area contributed by atoms with Crippen LogP contribution in [0.5, 0.6) is 0 Å². The average Bonchev–Trinajstić information content (AvgIpc) is 3.14. The maximum absolute atomic E-state index is 12.8. The van der Waals surface area contributed by atoms with E-state index in [-0.39, 0.29) is 11.9 Å². The summed E-state index contributed by atoms with van der Waals surface area (Å²) in [6.45, 7) is 0.709. The molecule has 2 aromatic heterocycles. The number of hydrogen-bond donors (Lipinski definition) is 1. The molecule has 1 amide bonds. The third-order valence-corrected chi connectivity index (χ3v) is 4.49. The molecule has 2 fully saturated rings. The molecule has 4 rings (SSSR count). The van der Waals surface area contributed by atoms with E-state index in [1.807, 2.05) is 4.90 Å². The van der Waals surface area contributed by atoms with Crippen molar-refractivity contribution in [3.05, 3.63) is 35.6 Å². The lowest BCUT2D eigenvalue weighted by Gasteiger charge is -2.23. The fraction of sp³-hybridized carbons (Fsp3) is 0.500. The third kappa shape index (κ3) is 2.67. The number of carbonyl (C=O) groups excluding carboxylic acids is 1. The topological polar surface area (TPSA) is 84.2 Å². The van der Waals surface area contributed by atoms with Crippen LogP contribution in [0.25, 0.3) is 0 Å². The zero-order valence-electron chi connectivity index (χ0n) is 13.0. The van der Waals surface area contributed by atoms with Crippen molar-refractivity contribution in [3.8, 4) is 0 Å². The number of rotatable bonds is 4. The zero-order valence-corrected chi connectivity index (χ0v) is 13.0. The van der Waals surface area contributed by atoms with Crippen molar-refractivity contribution in [2.75, 3.05) is 18.9 Å². The molecule has 0 unspecified atom stereocenters. The lowest BCUT2D eigenvalue weighted by Crippen LogP contribution is -2.31. The summed E-state index contributed by atoms with van der Waals surface area (Å²) in [7, 11) is 1.81. The van der Waals surface area contributed by atoms with E-state index >= 15 is 0 Å². The minimum absolute atomic E-state index is 0.0515. The van der Waals surface area contributed by atoms with Gasteiger partial charge in [-0.05, 0) is 25.7 Å². The monoisotopic (exact) mass is 313 g/mol. The van der Waals surface area contributed by atoms with E-state index in [9.17, 15) is 4.79 Å².